The van der Waals surface area contributed by atoms with Gasteiger partial charge in [0.2, 0.25) is 5.91 Å². The van der Waals surface area contributed by atoms with Gasteiger partial charge in [0, 0.05) is 44.6 Å². The molecule has 0 aromatic heterocycles. The first-order chi connectivity index (χ1) is 13.3. The maximum atomic E-state index is 12.2. The van der Waals surface area contributed by atoms with Crippen LogP contribution in [0.25, 0.3) is 0 Å². The van der Waals surface area contributed by atoms with Crippen molar-refractivity contribution in [2.45, 2.75) is 65.9 Å². The molecule has 28 heavy (non-hydrogen) atoms. The largest absolute Gasteiger partial charge is 0.480 e. The summed E-state index contributed by atoms with van der Waals surface area (Å²) >= 11 is 0. The topological polar surface area (TPSA) is 99.2 Å². The molecule has 1 spiro atoms. The molecule has 2 rings (SSSR count). The number of nitrogens with zero attached hydrogens (tertiary/aromatic N) is 2. The molecule has 0 atom stereocenters. The number of piperidine rings is 1. The van der Waals surface area contributed by atoms with Crippen LogP contribution in [0.3, 0.4) is 0 Å². The summed E-state index contributed by atoms with van der Waals surface area (Å²) in [6, 6.07) is 0. The Morgan fingerprint density at radius 2 is 1.79 bits per heavy atom. The van der Waals surface area contributed by atoms with E-state index in [0.717, 1.165) is 18.7 Å². The normalized spacial score (nSPS) is 17.0. The first kappa shape index (κ1) is 25.8. The molecular weight excluding hydrogens is 362 g/mol. The number of hydrogen-bond acceptors (Lipinski definition) is 5. The molecule has 2 aliphatic heterocycles. The summed E-state index contributed by atoms with van der Waals surface area (Å²) in [6.45, 7) is 15.3. The summed E-state index contributed by atoms with van der Waals surface area (Å²) in [5.41, 5.74) is 0.237. The highest BCUT2D eigenvalue weighted by molar-refractivity contribution is 5.79. The minimum atomic E-state index is -1.06. The minimum absolute atomic E-state index is 0.0973. The van der Waals surface area contributed by atoms with Crippen LogP contribution in [0.2, 0.25) is 0 Å². The molecule has 2 N–H and O–H groups in total. The maximum Gasteiger partial charge on any atom is 0.411 e. The Labute approximate surface area is 168 Å². The van der Waals surface area contributed by atoms with Gasteiger partial charge in [-0.15, -0.1) is 0 Å². The van der Waals surface area contributed by atoms with Gasteiger partial charge in [0.25, 0.3) is 0 Å². The van der Waals surface area contributed by atoms with E-state index in [1.165, 1.54) is 4.90 Å². The molecule has 0 radical (unpaired) electrons. The molecule has 162 valence electrons. The van der Waals surface area contributed by atoms with Crippen LogP contribution in [0, 0.1) is 0 Å². The Hall–Kier alpha value is -2.25. The quantitative estimate of drug-likeness (QED) is 0.639. The number of carbonyl (C=O) groups excluding carboxylic acids is 2. The highest BCUT2D eigenvalue weighted by atomic mass is 16.6. The molecule has 0 aromatic carbocycles. The van der Waals surface area contributed by atoms with Crippen LogP contribution >= 0.6 is 0 Å². The van der Waals surface area contributed by atoms with Gasteiger partial charge in [0.05, 0.1) is 6.54 Å². The van der Waals surface area contributed by atoms with Gasteiger partial charge in [0.15, 0.2) is 0 Å². The fraction of sp³-hybridized carbons (Fsp3) is 0.750. The van der Waals surface area contributed by atoms with Crippen molar-refractivity contribution >= 4 is 18.0 Å². The Bertz CT molecular complexity index is 528. The molecule has 0 bridgehead atoms. The minimum Gasteiger partial charge on any atom is -0.480 e. The molecule has 0 unspecified atom stereocenters. The third kappa shape index (κ3) is 8.19. The summed E-state index contributed by atoms with van der Waals surface area (Å²) in [5, 5.41) is 11.9. The standard InChI is InChI=1S/C16H25N3O5.2C2H6/c1-12(2)17-7-3-4-13(20)18-8-5-16(6-9-18)11-19(10-14(21)22)15(23)24-16;2*1-2/h17H,1,3-11H2,2H3,(H,21,22);2*1-2H3. The highest BCUT2D eigenvalue weighted by Gasteiger charge is 2.47. The second kappa shape index (κ2) is 13.0. The number of aliphatic carboxylic acids is 1. The van der Waals surface area contributed by atoms with Crippen molar-refractivity contribution < 1.29 is 24.2 Å². The lowest BCUT2D eigenvalue weighted by Crippen LogP contribution is -2.49. The maximum absolute atomic E-state index is 12.2. The van der Waals surface area contributed by atoms with Crippen molar-refractivity contribution in [2.75, 3.05) is 32.7 Å². The molecule has 8 nitrogen and oxygen atoms in total. The molecule has 0 saturated carbocycles. The fourth-order valence-corrected chi connectivity index (χ4v) is 3.10. The Morgan fingerprint density at radius 3 is 2.29 bits per heavy atom. The lowest BCUT2D eigenvalue weighted by Gasteiger charge is -2.37. The van der Waals surface area contributed by atoms with E-state index in [9.17, 15) is 14.4 Å². The average Bonchev–Trinajstić information content (AvgIpc) is 2.96. The first-order valence-corrected chi connectivity index (χ1v) is 10.2. The number of allylic oxidation sites excluding steroid dienone is 1. The van der Waals surface area contributed by atoms with E-state index in [2.05, 4.69) is 11.9 Å². The van der Waals surface area contributed by atoms with Crippen molar-refractivity contribution in [2.24, 2.45) is 0 Å². The lowest BCUT2D eigenvalue weighted by atomic mass is 9.91. The smallest absolute Gasteiger partial charge is 0.411 e. The third-order valence-electron chi connectivity index (χ3n) is 4.39. The van der Waals surface area contributed by atoms with Crippen LogP contribution in [-0.4, -0.2) is 71.2 Å². The SMILES string of the molecule is C=C(C)NCCCC(=O)N1CCC2(CC1)CN(CC(=O)O)C(=O)O2.CC.CC. The number of nitrogens with one attached hydrogen (secondary N) is 1. The van der Waals surface area contributed by atoms with Crippen molar-refractivity contribution in [3.63, 3.8) is 0 Å². The Kier molecular flexibility index (Phi) is 12.0. The molecule has 2 amide bonds. The van der Waals surface area contributed by atoms with Crippen molar-refractivity contribution in [1.29, 1.82) is 0 Å². The molecule has 2 heterocycles. The number of hydrogen-bond donors (Lipinski definition) is 2. The molecule has 2 fully saturated rings. The van der Waals surface area contributed by atoms with Gasteiger partial charge in [-0.25, -0.2) is 4.79 Å². The van der Waals surface area contributed by atoms with Crippen LogP contribution in [0.15, 0.2) is 12.3 Å². The van der Waals surface area contributed by atoms with E-state index in [4.69, 9.17) is 9.84 Å². The summed E-state index contributed by atoms with van der Waals surface area (Å²) in [6.07, 6.45) is 1.73. The number of amides is 2. The zero-order chi connectivity index (χ0) is 21.7. The van der Waals surface area contributed by atoms with E-state index in [-0.39, 0.29) is 19.0 Å². The van der Waals surface area contributed by atoms with Crippen LogP contribution in [0.1, 0.15) is 60.3 Å². The lowest BCUT2D eigenvalue weighted by molar-refractivity contribution is -0.137. The molecule has 2 saturated heterocycles. The fourth-order valence-electron chi connectivity index (χ4n) is 3.10. The predicted molar refractivity (Wildman–Crippen MR) is 109 cm³/mol. The Balaban J connectivity index is 0.00000171. The average molecular weight is 400 g/mol. The number of carboxylic acids is 1. The van der Waals surface area contributed by atoms with Crippen molar-refractivity contribution in [3.8, 4) is 0 Å². The van der Waals surface area contributed by atoms with Crippen LogP contribution in [-0.2, 0) is 14.3 Å². The van der Waals surface area contributed by atoms with Gasteiger partial charge < -0.3 is 20.1 Å². The molecule has 8 heteroatoms. The first-order valence-electron chi connectivity index (χ1n) is 10.2. The van der Waals surface area contributed by atoms with Gasteiger partial charge in [0.1, 0.15) is 12.1 Å². The number of rotatable bonds is 7. The van der Waals surface area contributed by atoms with E-state index in [0.29, 0.717) is 32.4 Å². The predicted octanol–water partition coefficient (Wildman–Crippen LogP) is 2.84. The van der Waals surface area contributed by atoms with Crippen LogP contribution < -0.4 is 5.32 Å². The van der Waals surface area contributed by atoms with Crippen LogP contribution in [0.4, 0.5) is 4.79 Å². The van der Waals surface area contributed by atoms with Crippen molar-refractivity contribution in [3.05, 3.63) is 12.3 Å². The second-order valence-electron chi connectivity index (χ2n) is 6.49. The zero-order valence-corrected chi connectivity index (χ0v) is 18.0. The number of carboxylic acid groups (broad SMARTS) is 1. The monoisotopic (exact) mass is 399 g/mol. The van der Waals surface area contributed by atoms with Gasteiger partial charge in [-0.05, 0) is 13.3 Å². The van der Waals surface area contributed by atoms with E-state index in [1.54, 1.807) is 4.90 Å². The molecule has 0 aromatic rings. The van der Waals surface area contributed by atoms with E-state index in [1.807, 2.05) is 34.6 Å². The van der Waals surface area contributed by atoms with Gasteiger partial charge in [-0.2, -0.15) is 0 Å². The highest BCUT2D eigenvalue weighted by Crippen LogP contribution is 2.33. The molecule has 0 aliphatic carbocycles. The van der Waals surface area contributed by atoms with Crippen LogP contribution in [0.5, 0.6) is 0 Å². The van der Waals surface area contributed by atoms with E-state index < -0.39 is 17.7 Å². The molecule has 2 aliphatic rings. The summed E-state index contributed by atoms with van der Waals surface area (Å²) in [4.78, 5) is 37.7. The Morgan fingerprint density at radius 1 is 1.21 bits per heavy atom. The van der Waals surface area contributed by atoms with Gasteiger partial charge in [-0.3, -0.25) is 14.5 Å². The number of likely N-dealkylation sites (tertiary alicyclic amines) is 1. The zero-order valence-electron chi connectivity index (χ0n) is 18.0. The number of carbonyl (C=O) groups is 3. The summed E-state index contributed by atoms with van der Waals surface area (Å²) < 4.78 is 5.42. The van der Waals surface area contributed by atoms with Crippen molar-refractivity contribution in [1.82, 2.24) is 15.1 Å². The second-order valence-corrected chi connectivity index (χ2v) is 6.49. The van der Waals surface area contributed by atoms with Gasteiger partial charge >= 0.3 is 12.1 Å². The third-order valence-corrected chi connectivity index (χ3v) is 4.39. The van der Waals surface area contributed by atoms with Gasteiger partial charge in [-0.1, -0.05) is 34.3 Å². The summed E-state index contributed by atoms with van der Waals surface area (Å²) in [7, 11) is 0. The number of ether oxygens (including phenoxy) is 1. The van der Waals surface area contributed by atoms with E-state index >= 15 is 0 Å². The molecular formula is C20H37N3O5. The summed E-state index contributed by atoms with van der Waals surface area (Å²) in [5.74, 6) is -0.958.